The second kappa shape index (κ2) is 11.6. The van der Waals surface area contributed by atoms with Gasteiger partial charge in [-0.2, -0.15) is 0 Å². The van der Waals surface area contributed by atoms with E-state index in [0.29, 0.717) is 29.9 Å². The number of rotatable bonds is 11. The maximum absolute atomic E-state index is 13.8. The summed E-state index contributed by atoms with van der Waals surface area (Å²) in [6, 6.07) is 9.51. The van der Waals surface area contributed by atoms with E-state index in [1.165, 1.54) is 0 Å². The quantitative estimate of drug-likeness (QED) is 0.436. The van der Waals surface area contributed by atoms with Gasteiger partial charge in [0.1, 0.15) is 18.0 Å². The Morgan fingerprint density at radius 2 is 1.86 bits per heavy atom. The van der Waals surface area contributed by atoms with Crippen LogP contribution < -0.4 is 20.2 Å². The summed E-state index contributed by atoms with van der Waals surface area (Å²) in [6.07, 6.45) is 4.78. The van der Waals surface area contributed by atoms with Gasteiger partial charge >= 0.3 is 0 Å². The summed E-state index contributed by atoms with van der Waals surface area (Å²) in [6.45, 7) is 10.5. The second-order valence-electron chi connectivity index (χ2n) is 9.42. The summed E-state index contributed by atoms with van der Waals surface area (Å²) in [7, 11) is 1.61. The van der Waals surface area contributed by atoms with Crippen LogP contribution in [0, 0.1) is 6.92 Å². The van der Waals surface area contributed by atoms with Gasteiger partial charge in [-0.05, 0) is 61.7 Å². The normalized spacial score (nSPS) is 12.6. The molecule has 0 aliphatic carbocycles. The van der Waals surface area contributed by atoms with Crippen molar-refractivity contribution in [2.24, 2.45) is 0 Å². The van der Waals surface area contributed by atoms with Crippen molar-refractivity contribution in [2.45, 2.75) is 46.6 Å². The number of fused-ring (bicyclic) bond motifs is 3. The fraction of sp³-hybridized carbons (Fsp3) is 0.448. The average Bonchev–Trinajstić information content (AvgIpc) is 3.34. The predicted molar refractivity (Wildman–Crippen MR) is 144 cm³/mol. The molecule has 0 bridgehead atoms. The molecule has 0 unspecified atom stereocenters. The van der Waals surface area contributed by atoms with Gasteiger partial charge < -0.3 is 24.3 Å². The molecule has 192 valence electrons. The van der Waals surface area contributed by atoms with Crippen LogP contribution in [0.4, 0.5) is 0 Å². The third-order valence-corrected chi connectivity index (χ3v) is 6.73. The van der Waals surface area contributed by atoms with Crippen molar-refractivity contribution in [3.8, 4) is 22.6 Å². The zero-order valence-electron chi connectivity index (χ0n) is 21.9. The first-order valence-corrected chi connectivity index (χ1v) is 12.9. The highest BCUT2D eigenvalue weighted by Gasteiger charge is 2.23. The Morgan fingerprint density at radius 3 is 2.53 bits per heavy atom. The van der Waals surface area contributed by atoms with E-state index in [0.717, 1.165) is 66.9 Å². The smallest absolute Gasteiger partial charge is 0.239 e. The van der Waals surface area contributed by atoms with Crippen LogP contribution in [0.3, 0.4) is 0 Å². The molecule has 0 saturated carbocycles. The van der Waals surface area contributed by atoms with Crippen molar-refractivity contribution in [1.29, 1.82) is 0 Å². The highest BCUT2D eigenvalue weighted by Crippen LogP contribution is 2.36. The zero-order chi connectivity index (χ0) is 25.7. The number of amides is 1. The van der Waals surface area contributed by atoms with E-state index < -0.39 is 0 Å². The van der Waals surface area contributed by atoms with Gasteiger partial charge in [-0.1, -0.05) is 32.0 Å². The molecule has 1 amide bonds. The van der Waals surface area contributed by atoms with E-state index in [1.807, 2.05) is 35.8 Å². The summed E-state index contributed by atoms with van der Waals surface area (Å²) >= 11 is 0. The lowest BCUT2D eigenvalue weighted by atomic mass is 9.99. The summed E-state index contributed by atoms with van der Waals surface area (Å²) in [4.78, 5) is 29.2. The minimum atomic E-state index is -0.0801. The summed E-state index contributed by atoms with van der Waals surface area (Å²) in [5, 5.41) is 3.63. The molecule has 7 heteroatoms. The molecular weight excluding hydrogens is 454 g/mol. The largest absolute Gasteiger partial charge is 0.497 e. The molecule has 4 rings (SSSR count). The van der Waals surface area contributed by atoms with Gasteiger partial charge in [0.05, 0.1) is 24.6 Å². The zero-order valence-corrected chi connectivity index (χ0v) is 21.9. The van der Waals surface area contributed by atoms with Crippen LogP contribution in [-0.4, -0.2) is 55.3 Å². The van der Waals surface area contributed by atoms with E-state index in [9.17, 15) is 9.59 Å². The molecule has 1 aliphatic heterocycles. The molecule has 3 aromatic rings. The van der Waals surface area contributed by atoms with Gasteiger partial charge in [0.15, 0.2) is 0 Å². The van der Waals surface area contributed by atoms with Crippen molar-refractivity contribution in [1.82, 2.24) is 14.8 Å². The number of hydrogen-bond acceptors (Lipinski definition) is 5. The number of methoxy groups -OCH3 is 1. The lowest BCUT2D eigenvalue weighted by Crippen LogP contribution is -2.37. The fourth-order valence-electron chi connectivity index (χ4n) is 5.10. The van der Waals surface area contributed by atoms with Gasteiger partial charge in [-0.15, -0.1) is 0 Å². The predicted octanol–water partition coefficient (Wildman–Crippen LogP) is 4.16. The minimum absolute atomic E-state index is 0.0746. The molecule has 0 saturated heterocycles. The molecular formula is C29H37N3O4. The van der Waals surface area contributed by atoms with Crippen LogP contribution in [0.25, 0.3) is 22.0 Å². The van der Waals surface area contributed by atoms with Gasteiger partial charge in [0.25, 0.3) is 0 Å². The molecule has 7 nitrogen and oxygen atoms in total. The van der Waals surface area contributed by atoms with E-state index >= 15 is 0 Å². The summed E-state index contributed by atoms with van der Waals surface area (Å²) < 4.78 is 13.1. The third kappa shape index (κ3) is 5.41. The maximum atomic E-state index is 13.8. The first kappa shape index (κ1) is 25.8. The van der Waals surface area contributed by atoms with E-state index in [2.05, 4.69) is 30.1 Å². The molecule has 0 fully saturated rings. The molecule has 1 N–H and O–H groups in total. The van der Waals surface area contributed by atoms with E-state index in [1.54, 1.807) is 13.3 Å². The highest BCUT2D eigenvalue weighted by atomic mass is 16.5. The van der Waals surface area contributed by atoms with Crippen molar-refractivity contribution >= 4 is 16.8 Å². The number of nitrogens with one attached hydrogen (secondary N) is 1. The Hall–Kier alpha value is -3.32. The Bertz CT molecular complexity index is 1270. The molecule has 1 aliphatic rings. The summed E-state index contributed by atoms with van der Waals surface area (Å²) in [5.74, 6) is 1.30. The topological polar surface area (TPSA) is 72.8 Å². The lowest BCUT2D eigenvalue weighted by molar-refractivity contribution is -0.121. The Balaban J connectivity index is 1.69. The third-order valence-electron chi connectivity index (χ3n) is 6.73. The first-order valence-electron chi connectivity index (χ1n) is 12.9. The average molecular weight is 492 g/mol. The number of aryl methyl sites for hydroxylation is 1. The lowest BCUT2D eigenvalue weighted by Gasteiger charge is -2.21. The number of carbonyl (C=O) groups is 1. The van der Waals surface area contributed by atoms with Crippen LogP contribution in [0.5, 0.6) is 11.5 Å². The van der Waals surface area contributed by atoms with Crippen molar-refractivity contribution < 1.29 is 14.3 Å². The van der Waals surface area contributed by atoms with Crippen molar-refractivity contribution in [3.63, 3.8) is 0 Å². The Kier molecular flexibility index (Phi) is 8.31. The number of nitrogens with zero attached hydrogens (tertiary/aromatic N) is 2. The first-order chi connectivity index (χ1) is 17.5. The van der Waals surface area contributed by atoms with Gasteiger partial charge in [-0.25, -0.2) is 0 Å². The molecule has 36 heavy (non-hydrogen) atoms. The Morgan fingerprint density at radius 1 is 1.14 bits per heavy atom. The van der Waals surface area contributed by atoms with E-state index in [-0.39, 0.29) is 17.9 Å². The van der Waals surface area contributed by atoms with Crippen molar-refractivity contribution in [2.75, 3.05) is 39.9 Å². The van der Waals surface area contributed by atoms with Crippen LogP contribution in [0.2, 0.25) is 0 Å². The molecule has 0 atom stereocenters. The number of carbonyl (C=O) groups excluding carboxylic acids is 1. The van der Waals surface area contributed by atoms with E-state index in [4.69, 9.17) is 9.47 Å². The second-order valence-corrected chi connectivity index (χ2v) is 9.42. The molecule has 0 spiro atoms. The maximum Gasteiger partial charge on any atom is 0.239 e. The SMILES string of the molecule is CCCN(CCC)CCNC(=O)Cn1cc(-c2ccc(OC)cc2)c(=O)c2c3c(cc(C)c21)CCO3. The van der Waals surface area contributed by atoms with Crippen molar-refractivity contribution in [3.05, 3.63) is 57.9 Å². The van der Waals surface area contributed by atoms with Crippen LogP contribution in [0.1, 0.15) is 37.8 Å². The van der Waals surface area contributed by atoms with Crippen LogP contribution in [-0.2, 0) is 17.8 Å². The number of benzene rings is 2. The van der Waals surface area contributed by atoms with Gasteiger partial charge in [0.2, 0.25) is 11.3 Å². The van der Waals surface area contributed by atoms with Crippen LogP contribution in [0.15, 0.2) is 41.3 Å². The standard InChI is InChI=1S/C29H37N3O4/c1-5-13-31(14-6-2)15-12-30-25(33)19-32-18-24(21-7-9-23(35-4)10-8-21)28(34)26-27(32)20(3)17-22-11-16-36-29(22)26/h7-10,17-18H,5-6,11-16,19H2,1-4H3,(H,30,33). The number of aromatic nitrogens is 1. The molecule has 0 radical (unpaired) electrons. The molecule has 2 aromatic carbocycles. The number of ether oxygens (including phenoxy) is 2. The molecule has 1 aromatic heterocycles. The molecule has 2 heterocycles. The highest BCUT2D eigenvalue weighted by molar-refractivity contribution is 5.94. The number of hydrogen-bond donors (Lipinski definition) is 1. The van der Waals surface area contributed by atoms with Gasteiger partial charge in [-0.3, -0.25) is 9.59 Å². The Labute approximate surface area is 213 Å². The van der Waals surface area contributed by atoms with Gasteiger partial charge in [0, 0.05) is 31.3 Å². The monoisotopic (exact) mass is 491 g/mol. The number of pyridine rings is 1. The minimum Gasteiger partial charge on any atom is -0.497 e. The summed E-state index contributed by atoms with van der Waals surface area (Å²) in [5.41, 5.74) is 4.01. The fourth-order valence-corrected chi connectivity index (χ4v) is 5.10. The van der Waals surface area contributed by atoms with Crippen LogP contribution >= 0.6 is 0 Å².